The lowest BCUT2D eigenvalue weighted by Crippen LogP contribution is -2.69. The van der Waals surface area contributed by atoms with Crippen LogP contribution in [0.4, 0.5) is 0 Å². The molecule has 2 aliphatic carbocycles. The Hall–Kier alpha value is -1.73. The molecule has 1 amide bonds. The first kappa shape index (κ1) is 14.8. The fourth-order valence-electron chi connectivity index (χ4n) is 3.85. The van der Waals surface area contributed by atoms with E-state index in [1.165, 1.54) is 6.20 Å². The quantitative estimate of drug-likeness (QED) is 0.822. The summed E-state index contributed by atoms with van der Waals surface area (Å²) in [6.45, 7) is 0.740. The normalized spacial score (nSPS) is 32.5. The van der Waals surface area contributed by atoms with Gasteiger partial charge in [0, 0.05) is 24.6 Å². The van der Waals surface area contributed by atoms with E-state index in [0.717, 1.165) is 25.9 Å². The lowest BCUT2D eigenvalue weighted by Gasteiger charge is -2.50. The molecule has 1 saturated heterocycles. The molecule has 1 aromatic heterocycles. The van der Waals surface area contributed by atoms with E-state index in [1.807, 2.05) is 14.1 Å². The molecule has 0 spiro atoms. The van der Waals surface area contributed by atoms with Crippen molar-refractivity contribution in [3.05, 3.63) is 27.9 Å². The predicted molar refractivity (Wildman–Crippen MR) is 83.4 cm³/mol. The van der Waals surface area contributed by atoms with Crippen LogP contribution in [-0.2, 0) is 4.74 Å². The van der Waals surface area contributed by atoms with Crippen molar-refractivity contribution in [2.24, 2.45) is 5.92 Å². The van der Waals surface area contributed by atoms with Crippen molar-refractivity contribution < 1.29 is 9.53 Å². The van der Waals surface area contributed by atoms with Crippen LogP contribution in [0.3, 0.4) is 0 Å². The fraction of sp³-hybridized carbons (Fsp3) is 0.688. The number of hydrogen-bond donors (Lipinski definition) is 2. The number of aromatic amines is 1. The maximum absolute atomic E-state index is 12.5. The Morgan fingerprint density at radius 1 is 1.39 bits per heavy atom. The van der Waals surface area contributed by atoms with Crippen LogP contribution < -0.4 is 10.9 Å². The number of aromatic nitrogens is 2. The van der Waals surface area contributed by atoms with Gasteiger partial charge in [-0.15, -0.1) is 0 Å². The predicted octanol–water partition coefficient (Wildman–Crippen LogP) is 0.0946. The van der Waals surface area contributed by atoms with Gasteiger partial charge in [0.05, 0.1) is 18.2 Å². The van der Waals surface area contributed by atoms with Gasteiger partial charge in [0.15, 0.2) is 0 Å². The van der Waals surface area contributed by atoms with Crippen molar-refractivity contribution in [2.75, 3.05) is 20.7 Å². The van der Waals surface area contributed by atoms with Gasteiger partial charge in [0.25, 0.3) is 11.5 Å². The lowest BCUT2D eigenvalue weighted by atomic mass is 9.71. The summed E-state index contributed by atoms with van der Waals surface area (Å²) in [6.07, 6.45) is 4.67. The van der Waals surface area contributed by atoms with Crippen LogP contribution in [0.25, 0.3) is 0 Å². The SMILES string of the molecule is CN(C)[C@H]1[C@H](NC(=O)c2cnc(C3CC3)[nH]c2=O)[C@@H]2CCO[C@@H]21. The van der Waals surface area contributed by atoms with E-state index in [1.54, 1.807) is 0 Å². The highest BCUT2D eigenvalue weighted by molar-refractivity contribution is 5.93. The number of nitrogens with one attached hydrogen (secondary N) is 2. The molecule has 1 aromatic rings. The first-order chi connectivity index (χ1) is 11.1. The Morgan fingerprint density at radius 3 is 2.83 bits per heavy atom. The van der Waals surface area contributed by atoms with Crippen LogP contribution in [0.5, 0.6) is 0 Å². The van der Waals surface area contributed by atoms with Crippen LogP contribution in [0.2, 0.25) is 0 Å². The van der Waals surface area contributed by atoms with E-state index in [9.17, 15) is 9.59 Å². The summed E-state index contributed by atoms with van der Waals surface area (Å²) in [6, 6.07) is 0.178. The molecule has 23 heavy (non-hydrogen) atoms. The molecule has 2 saturated carbocycles. The fourth-order valence-corrected chi connectivity index (χ4v) is 3.85. The molecule has 3 fully saturated rings. The highest BCUT2D eigenvalue weighted by atomic mass is 16.5. The maximum atomic E-state index is 12.5. The van der Waals surface area contributed by atoms with E-state index < -0.39 is 0 Å². The number of rotatable bonds is 4. The van der Waals surface area contributed by atoms with Crippen LogP contribution in [0.15, 0.2) is 11.0 Å². The zero-order chi connectivity index (χ0) is 16.1. The van der Waals surface area contributed by atoms with Gasteiger partial charge in [0.2, 0.25) is 0 Å². The number of fused-ring (bicyclic) bond motifs is 1. The van der Waals surface area contributed by atoms with Gasteiger partial charge < -0.3 is 19.9 Å². The minimum atomic E-state index is -0.348. The van der Waals surface area contributed by atoms with Gasteiger partial charge in [-0.05, 0) is 33.4 Å². The van der Waals surface area contributed by atoms with Crippen molar-refractivity contribution in [3.63, 3.8) is 0 Å². The summed E-state index contributed by atoms with van der Waals surface area (Å²) in [5.41, 5.74) is -0.256. The number of hydrogen-bond acceptors (Lipinski definition) is 5. The number of amides is 1. The summed E-state index contributed by atoms with van der Waals surface area (Å²) < 4.78 is 5.74. The number of nitrogens with zero attached hydrogens (tertiary/aromatic N) is 2. The average Bonchev–Trinajstić information content (AvgIpc) is 3.26. The van der Waals surface area contributed by atoms with Gasteiger partial charge in [-0.3, -0.25) is 9.59 Å². The third kappa shape index (κ3) is 2.48. The van der Waals surface area contributed by atoms with E-state index in [-0.39, 0.29) is 35.2 Å². The molecule has 0 radical (unpaired) electrons. The Balaban J connectivity index is 1.50. The molecule has 7 heteroatoms. The van der Waals surface area contributed by atoms with Gasteiger partial charge in [-0.2, -0.15) is 0 Å². The second-order valence-electron chi connectivity index (χ2n) is 7.03. The molecule has 3 aliphatic rings. The molecule has 0 aromatic carbocycles. The molecule has 124 valence electrons. The zero-order valence-corrected chi connectivity index (χ0v) is 13.4. The van der Waals surface area contributed by atoms with Crippen molar-refractivity contribution in [2.45, 2.75) is 43.4 Å². The largest absolute Gasteiger partial charge is 0.376 e. The second kappa shape index (κ2) is 5.42. The highest BCUT2D eigenvalue weighted by Gasteiger charge is 2.55. The van der Waals surface area contributed by atoms with E-state index >= 15 is 0 Å². The van der Waals surface area contributed by atoms with Crippen LogP contribution in [0.1, 0.15) is 41.4 Å². The Labute approximate surface area is 134 Å². The van der Waals surface area contributed by atoms with E-state index in [0.29, 0.717) is 17.7 Å². The van der Waals surface area contributed by atoms with Crippen molar-refractivity contribution in [3.8, 4) is 0 Å². The Bertz CT molecular complexity index is 682. The van der Waals surface area contributed by atoms with Gasteiger partial charge >= 0.3 is 0 Å². The van der Waals surface area contributed by atoms with Crippen LogP contribution in [-0.4, -0.2) is 59.7 Å². The topological polar surface area (TPSA) is 87.3 Å². The smallest absolute Gasteiger partial charge is 0.263 e. The first-order valence-electron chi connectivity index (χ1n) is 8.24. The summed E-state index contributed by atoms with van der Waals surface area (Å²) in [4.78, 5) is 33.7. The molecule has 0 unspecified atom stereocenters. The molecule has 2 N–H and O–H groups in total. The van der Waals surface area contributed by atoms with Gasteiger partial charge in [-0.1, -0.05) is 0 Å². The number of carbonyl (C=O) groups is 1. The maximum Gasteiger partial charge on any atom is 0.263 e. The van der Waals surface area contributed by atoms with Crippen molar-refractivity contribution in [1.82, 2.24) is 20.2 Å². The summed E-state index contributed by atoms with van der Waals surface area (Å²) >= 11 is 0. The van der Waals surface area contributed by atoms with Crippen LogP contribution >= 0.6 is 0 Å². The monoisotopic (exact) mass is 318 g/mol. The van der Waals surface area contributed by atoms with Crippen molar-refractivity contribution >= 4 is 5.91 Å². The Morgan fingerprint density at radius 2 is 2.17 bits per heavy atom. The molecule has 1 aliphatic heterocycles. The summed E-state index contributed by atoms with van der Waals surface area (Å²) in [7, 11) is 3.97. The molecular formula is C16H22N4O3. The number of carbonyl (C=O) groups excluding carboxylic acids is 1. The lowest BCUT2D eigenvalue weighted by molar-refractivity contribution is -0.0664. The number of H-pyrrole nitrogens is 1. The number of ether oxygens (including phenoxy) is 1. The third-order valence-electron chi connectivity index (χ3n) is 5.27. The minimum absolute atomic E-state index is 0.0208. The van der Waals surface area contributed by atoms with E-state index in [4.69, 9.17) is 4.74 Å². The first-order valence-corrected chi connectivity index (χ1v) is 8.24. The molecule has 2 heterocycles. The van der Waals surface area contributed by atoms with Gasteiger partial charge in [-0.25, -0.2) is 4.98 Å². The molecule has 0 bridgehead atoms. The number of likely N-dealkylation sites (N-methyl/N-ethyl adjacent to an activating group) is 1. The van der Waals surface area contributed by atoms with Crippen molar-refractivity contribution in [1.29, 1.82) is 0 Å². The molecule has 4 rings (SSSR count). The standard InChI is InChI=1S/C16H22N4O3/c1-20(2)12-11(9-5-6-23-13(9)12)18-15(21)10-7-17-14(8-3-4-8)19-16(10)22/h7-9,11-13H,3-6H2,1-2H3,(H,18,21)(H,17,19,22)/t9-,11+,12-,13-/m0/s1. The third-order valence-corrected chi connectivity index (χ3v) is 5.27. The molecule has 7 nitrogen and oxygen atoms in total. The average molecular weight is 318 g/mol. The molecule has 4 atom stereocenters. The van der Waals surface area contributed by atoms with Crippen LogP contribution in [0, 0.1) is 5.92 Å². The molecular weight excluding hydrogens is 296 g/mol. The minimum Gasteiger partial charge on any atom is -0.376 e. The zero-order valence-electron chi connectivity index (χ0n) is 13.4. The van der Waals surface area contributed by atoms with Gasteiger partial charge in [0.1, 0.15) is 11.4 Å². The highest BCUT2D eigenvalue weighted by Crippen LogP contribution is 2.41. The Kier molecular flexibility index (Phi) is 3.50. The van der Waals surface area contributed by atoms with E-state index in [2.05, 4.69) is 20.2 Å². The summed E-state index contributed by atoms with van der Waals surface area (Å²) in [5, 5.41) is 3.02. The summed E-state index contributed by atoms with van der Waals surface area (Å²) in [5.74, 6) is 1.05. The second-order valence-corrected chi connectivity index (χ2v) is 7.03.